The molecule has 1 rings (SSSR count). The number of carbonyl (C=O) groups excluding carboxylic acids is 1. The normalized spacial score (nSPS) is 11.9. The van der Waals surface area contributed by atoms with E-state index in [0.29, 0.717) is 0 Å². The molecular weight excluding hydrogens is 296 g/mol. The van der Waals surface area contributed by atoms with Crippen LogP contribution in [-0.2, 0) is 0 Å². The van der Waals surface area contributed by atoms with Crippen LogP contribution in [0.3, 0.4) is 0 Å². The van der Waals surface area contributed by atoms with E-state index in [2.05, 4.69) is 21.0 Å². The lowest BCUT2D eigenvalue weighted by atomic mass is 9.97. The second-order valence-electron chi connectivity index (χ2n) is 4.18. The lowest BCUT2D eigenvalue weighted by Gasteiger charge is -2.11. The first kappa shape index (κ1) is 14.4. The van der Waals surface area contributed by atoms with Gasteiger partial charge < -0.3 is 0 Å². The van der Waals surface area contributed by atoms with Gasteiger partial charge in [-0.2, -0.15) is 15.6 Å². The van der Waals surface area contributed by atoms with Crippen LogP contribution in [0.15, 0.2) is 4.47 Å². The molecule has 1 aromatic rings. The summed E-state index contributed by atoms with van der Waals surface area (Å²) in [7, 11) is 0. The van der Waals surface area contributed by atoms with Gasteiger partial charge in [0.1, 0.15) is 5.92 Å². The van der Waals surface area contributed by atoms with Crippen molar-refractivity contribution < 1.29 is 4.79 Å². The van der Waals surface area contributed by atoms with E-state index in [4.69, 9.17) is 10.5 Å². The number of aryl methyl sites for hydroxylation is 1. The predicted molar refractivity (Wildman–Crippen MR) is 68.5 cm³/mol. The van der Waals surface area contributed by atoms with Crippen molar-refractivity contribution in [3.05, 3.63) is 15.9 Å². The van der Waals surface area contributed by atoms with Crippen LogP contribution in [-0.4, -0.2) is 15.7 Å². The Hall–Kier alpha value is -1.66. The minimum absolute atomic E-state index is 0.197. The van der Waals surface area contributed by atoms with Gasteiger partial charge >= 0.3 is 0 Å². The number of halogens is 1. The van der Waals surface area contributed by atoms with E-state index < -0.39 is 11.8 Å². The van der Waals surface area contributed by atoms with Crippen LogP contribution in [0, 0.1) is 48.3 Å². The first-order valence-corrected chi connectivity index (χ1v) is 6.26. The number of hydrogen-bond donors (Lipinski definition) is 0. The molecule has 0 bridgehead atoms. The van der Waals surface area contributed by atoms with Gasteiger partial charge in [-0.25, -0.2) is 4.68 Å². The zero-order valence-corrected chi connectivity index (χ0v) is 12.0. The number of nitriles is 2. The van der Waals surface area contributed by atoms with Crippen LogP contribution in [0.2, 0.25) is 0 Å². The summed E-state index contributed by atoms with van der Waals surface area (Å²) in [6, 6.07) is 3.74. The Morgan fingerprint density at radius 1 is 1.44 bits per heavy atom. The van der Waals surface area contributed by atoms with Crippen molar-refractivity contribution in [1.29, 1.82) is 10.5 Å². The molecule has 5 nitrogen and oxygen atoms in total. The monoisotopic (exact) mass is 308 g/mol. The van der Waals surface area contributed by atoms with Gasteiger partial charge in [0.25, 0.3) is 0 Å². The smallest absolute Gasteiger partial charge is 0.250 e. The Labute approximate surface area is 114 Å². The Balaban J connectivity index is 2.92. The van der Waals surface area contributed by atoms with Gasteiger partial charge in [-0.3, -0.25) is 4.79 Å². The van der Waals surface area contributed by atoms with Gasteiger partial charge in [0.05, 0.1) is 28.0 Å². The van der Waals surface area contributed by atoms with E-state index in [9.17, 15) is 4.79 Å². The highest BCUT2D eigenvalue weighted by atomic mass is 79.9. The van der Waals surface area contributed by atoms with Crippen LogP contribution >= 0.6 is 15.9 Å². The standard InChI is InChI=1S/C12H13BrN4O/c1-7(4-10(5-14)6-15)12(18)17-9(3)11(13)8(2)16-17/h7,10H,4H2,1-3H3/t7-/m0/s1. The van der Waals surface area contributed by atoms with E-state index in [1.807, 2.05) is 12.1 Å². The molecule has 0 N–H and O–H groups in total. The summed E-state index contributed by atoms with van der Waals surface area (Å²) in [6.45, 7) is 5.30. The molecular formula is C12H13BrN4O. The molecule has 0 aliphatic heterocycles. The molecule has 0 aromatic carbocycles. The van der Waals surface area contributed by atoms with Crippen LogP contribution in [0.1, 0.15) is 29.5 Å². The highest BCUT2D eigenvalue weighted by Gasteiger charge is 2.23. The fourth-order valence-corrected chi connectivity index (χ4v) is 1.88. The van der Waals surface area contributed by atoms with Gasteiger partial charge in [0.15, 0.2) is 0 Å². The first-order chi connectivity index (χ1) is 8.42. The summed E-state index contributed by atoms with van der Waals surface area (Å²) in [6.07, 6.45) is 0.224. The van der Waals surface area contributed by atoms with Crippen LogP contribution < -0.4 is 0 Å². The molecule has 1 heterocycles. The summed E-state index contributed by atoms with van der Waals surface area (Å²) in [5.74, 6) is -1.37. The lowest BCUT2D eigenvalue weighted by Crippen LogP contribution is -2.23. The lowest BCUT2D eigenvalue weighted by molar-refractivity contribution is 0.0815. The van der Waals surface area contributed by atoms with Crippen molar-refractivity contribution in [1.82, 2.24) is 9.78 Å². The molecule has 18 heavy (non-hydrogen) atoms. The van der Waals surface area contributed by atoms with Crippen LogP contribution in [0.25, 0.3) is 0 Å². The maximum absolute atomic E-state index is 12.2. The van der Waals surface area contributed by atoms with Crippen molar-refractivity contribution in [2.75, 3.05) is 0 Å². The Morgan fingerprint density at radius 3 is 2.39 bits per heavy atom. The molecule has 1 aromatic heterocycles. The summed E-state index contributed by atoms with van der Waals surface area (Å²) < 4.78 is 2.13. The number of nitrogens with zero attached hydrogens (tertiary/aromatic N) is 4. The quantitative estimate of drug-likeness (QED) is 0.859. The molecule has 0 saturated carbocycles. The van der Waals surface area contributed by atoms with Crippen molar-refractivity contribution in [3.8, 4) is 12.1 Å². The molecule has 0 radical (unpaired) electrons. The molecule has 0 fully saturated rings. The fraction of sp³-hybridized carbons (Fsp3) is 0.500. The highest BCUT2D eigenvalue weighted by molar-refractivity contribution is 9.10. The van der Waals surface area contributed by atoms with Crippen LogP contribution in [0.4, 0.5) is 0 Å². The third-order valence-electron chi connectivity index (χ3n) is 2.73. The molecule has 6 heteroatoms. The Bertz CT molecular complexity index is 536. The fourth-order valence-electron chi connectivity index (χ4n) is 1.64. The minimum atomic E-state index is -0.760. The van der Waals surface area contributed by atoms with Gasteiger partial charge in [-0.15, -0.1) is 0 Å². The molecule has 0 saturated heterocycles. The Kier molecular flexibility index (Phi) is 4.63. The number of hydrogen-bond acceptors (Lipinski definition) is 4. The van der Waals surface area contributed by atoms with Crippen molar-refractivity contribution in [2.24, 2.45) is 11.8 Å². The van der Waals surface area contributed by atoms with Crippen LogP contribution in [0.5, 0.6) is 0 Å². The highest BCUT2D eigenvalue weighted by Crippen LogP contribution is 2.22. The largest absolute Gasteiger partial charge is 0.272 e. The third kappa shape index (κ3) is 2.77. The van der Waals surface area contributed by atoms with Gasteiger partial charge in [0, 0.05) is 5.92 Å². The van der Waals surface area contributed by atoms with E-state index >= 15 is 0 Å². The topological polar surface area (TPSA) is 82.5 Å². The summed E-state index contributed by atoms with van der Waals surface area (Å²) >= 11 is 3.36. The maximum Gasteiger partial charge on any atom is 0.250 e. The minimum Gasteiger partial charge on any atom is -0.272 e. The summed E-state index contributed by atoms with van der Waals surface area (Å²) in [5, 5.41) is 21.6. The SMILES string of the molecule is Cc1nn(C(=O)[C@@H](C)CC(C#N)C#N)c(C)c1Br. The van der Waals surface area contributed by atoms with E-state index in [-0.39, 0.29) is 12.3 Å². The third-order valence-corrected chi connectivity index (χ3v) is 3.88. The number of carbonyl (C=O) groups is 1. The van der Waals surface area contributed by atoms with Gasteiger partial charge in [-0.05, 0) is 36.2 Å². The second-order valence-corrected chi connectivity index (χ2v) is 4.98. The molecule has 0 aliphatic rings. The summed E-state index contributed by atoms with van der Waals surface area (Å²) in [5.41, 5.74) is 1.47. The zero-order valence-electron chi connectivity index (χ0n) is 10.4. The average molecular weight is 309 g/mol. The zero-order chi connectivity index (χ0) is 13.9. The van der Waals surface area contributed by atoms with Crippen molar-refractivity contribution in [3.63, 3.8) is 0 Å². The maximum atomic E-state index is 12.2. The van der Waals surface area contributed by atoms with Crippen molar-refractivity contribution >= 4 is 21.8 Å². The van der Waals surface area contributed by atoms with E-state index in [1.54, 1.807) is 20.8 Å². The van der Waals surface area contributed by atoms with Crippen molar-refractivity contribution in [2.45, 2.75) is 27.2 Å². The van der Waals surface area contributed by atoms with Gasteiger partial charge in [-0.1, -0.05) is 6.92 Å². The molecule has 0 amide bonds. The molecule has 0 aliphatic carbocycles. The molecule has 0 spiro atoms. The first-order valence-electron chi connectivity index (χ1n) is 5.47. The summed E-state index contributed by atoms with van der Waals surface area (Å²) in [4.78, 5) is 12.2. The van der Waals surface area contributed by atoms with E-state index in [0.717, 1.165) is 15.9 Å². The second kappa shape index (κ2) is 5.79. The predicted octanol–water partition coefficient (Wildman–Crippen LogP) is 2.59. The van der Waals surface area contributed by atoms with Gasteiger partial charge in [0.2, 0.25) is 5.91 Å². The Morgan fingerprint density at radius 2 is 2.00 bits per heavy atom. The molecule has 94 valence electrons. The average Bonchev–Trinajstić information content (AvgIpc) is 2.62. The number of rotatable bonds is 3. The molecule has 0 unspecified atom stereocenters. The van der Waals surface area contributed by atoms with E-state index in [1.165, 1.54) is 4.68 Å². The number of aromatic nitrogens is 2. The molecule has 1 atom stereocenters.